The highest BCUT2D eigenvalue weighted by molar-refractivity contribution is 8.00. The van der Waals surface area contributed by atoms with Crippen LogP contribution < -0.4 is 5.73 Å². The number of nitrogens with one attached hydrogen (secondary N) is 1. The lowest BCUT2D eigenvalue weighted by Gasteiger charge is -2.23. The van der Waals surface area contributed by atoms with E-state index in [4.69, 9.17) is 11.1 Å². The third-order valence-corrected chi connectivity index (χ3v) is 4.92. The number of nitrogens with two attached hydrogens (primary N) is 1. The Morgan fingerprint density at radius 2 is 2.00 bits per heavy atom. The summed E-state index contributed by atoms with van der Waals surface area (Å²) >= 11 is 1.93. The molecule has 1 aliphatic rings. The lowest BCUT2D eigenvalue weighted by atomic mass is 10.0. The Hall–Kier alpha value is -0.960. The van der Waals surface area contributed by atoms with Crippen molar-refractivity contribution in [1.29, 1.82) is 5.41 Å². The molecule has 2 rings (SSSR count). The van der Waals surface area contributed by atoms with Crippen LogP contribution in [0.3, 0.4) is 0 Å². The second-order valence-electron chi connectivity index (χ2n) is 4.74. The third-order valence-electron chi connectivity index (χ3n) is 3.34. The molecule has 0 aromatic heterocycles. The topological polar surface area (TPSA) is 49.9 Å². The predicted octanol–water partition coefficient (Wildman–Crippen LogP) is 3.70. The van der Waals surface area contributed by atoms with Crippen molar-refractivity contribution in [2.24, 2.45) is 5.73 Å². The van der Waals surface area contributed by atoms with Crippen molar-refractivity contribution in [2.75, 3.05) is 0 Å². The second-order valence-corrected chi connectivity index (χ2v) is 6.05. The Balaban J connectivity index is 2.21. The minimum Gasteiger partial charge on any atom is -0.384 e. The summed E-state index contributed by atoms with van der Waals surface area (Å²) in [7, 11) is 0. The molecule has 0 saturated heterocycles. The zero-order valence-electron chi connectivity index (χ0n) is 10.3. The van der Waals surface area contributed by atoms with Crippen LogP contribution in [0.15, 0.2) is 23.1 Å². The summed E-state index contributed by atoms with van der Waals surface area (Å²) < 4.78 is 0. The molecule has 3 N–H and O–H groups in total. The van der Waals surface area contributed by atoms with Gasteiger partial charge in [-0.1, -0.05) is 37.5 Å². The molecule has 3 heteroatoms. The molecule has 92 valence electrons. The Morgan fingerprint density at radius 1 is 1.29 bits per heavy atom. The first-order valence-corrected chi connectivity index (χ1v) is 7.17. The van der Waals surface area contributed by atoms with Gasteiger partial charge in [0.15, 0.2) is 0 Å². The molecule has 0 atom stereocenters. The monoisotopic (exact) mass is 248 g/mol. The molecule has 1 aromatic rings. The van der Waals surface area contributed by atoms with Crippen LogP contribution in [0.1, 0.15) is 43.2 Å². The average Bonchev–Trinajstić information content (AvgIpc) is 2.33. The molecule has 1 fully saturated rings. The molecular formula is C14H20N2S. The molecule has 0 heterocycles. The van der Waals surface area contributed by atoms with Crippen LogP contribution in [0, 0.1) is 12.3 Å². The normalized spacial score (nSPS) is 17.0. The summed E-state index contributed by atoms with van der Waals surface area (Å²) in [6, 6.07) is 6.05. The van der Waals surface area contributed by atoms with Crippen LogP contribution in [-0.2, 0) is 0 Å². The van der Waals surface area contributed by atoms with Gasteiger partial charge < -0.3 is 5.73 Å². The number of nitrogen functional groups attached to an aromatic ring is 1. The molecular weight excluding hydrogens is 228 g/mol. The van der Waals surface area contributed by atoms with E-state index in [9.17, 15) is 0 Å². The number of amidine groups is 1. The zero-order chi connectivity index (χ0) is 12.3. The van der Waals surface area contributed by atoms with Gasteiger partial charge >= 0.3 is 0 Å². The van der Waals surface area contributed by atoms with Crippen LogP contribution in [0.5, 0.6) is 0 Å². The van der Waals surface area contributed by atoms with E-state index < -0.39 is 0 Å². The van der Waals surface area contributed by atoms with E-state index in [0.717, 1.165) is 5.56 Å². The van der Waals surface area contributed by atoms with Crippen LogP contribution in [-0.4, -0.2) is 11.1 Å². The number of thioether (sulfide) groups is 1. The maximum absolute atomic E-state index is 7.65. The summed E-state index contributed by atoms with van der Waals surface area (Å²) in [5, 5.41) is 8.37. The third kappa shape index (κ3) is 3.03. The molecule has 1 saturated carbocycles. The number of hydrogen-bond donors (Lipinski definition) is 2. The largest absolute Gasteiger partial charge is 0.384 e. The van der Waals surface area contributed by atoms with Crippen molar-refractivity contribution in [3.05, 3.63) is 29.3 Å². The van der Waals surface area contributed by atoms with E-state index in [1.807, 2.05) is 23.9 Å². The summed E-state index contributed by atoms with van der Waals surface area (Å²) in [4.78, 5) is 1.21. The summed E-state index contributed by atoms with van der Waals surface area (Å²) in [5.41, 5.74) is 7.81. The lowest BCUT2D eigenvalue weighted by Crippen LogP contribution is -2.15. The summed E-state index contributed by atoms with van der Waals surface area (Å²) in [6.07, 6.45) is 6.68. The van der Waals surface area contributed by atoms with Gasteiger partial charge in [-0.3, -0.25) is 5.41 Å². The fourth-order valence-electron chi connectivity index (χ4n) is 2.37. The molecule has 1 aromatic carbocycles. The fourth-order valence-corrected chi connectivity index (χ4v) is 3.83. The summed E-state index contributed by atoms with van der Waals surface area (Å²) in [6.45, 7) is 2.11. The van der Waals surface area contributed by atoms with Gasteiger partial charge in [0.05, 0.1) is 0 Å². The van der Waals surface area contributed by atoms with Crippen molar-refractivity contribution >= 4 is 17.6 Å². The van der Waals surface area contributed by atoms with Gasteiger partial charge in [0, 0.05) is 15.7 Å². The van der Waals surface area contributed by atoms with E-state index in [1.54, 1.807) is 0 Å². The van der Waals surface area contributed by atoms with Crippen LogP contribution in [0.2, 0.25) is 0 Å². The highest BCUT2D eigenvalue weighted by Gasteiger charge is 2.18. The molecule has 1 aliphatic carbocycles. The maximum Gasteiger partial charge on any atom is 0.123 e. The molecule has 0 aliphatic heterocycles. The van der Waals surface area contributed by atoms with E-state index >= 15 is 0 Å². The predicted molar refractivity (Wildman–Crippen MR) is 74.9 cm³/mol. The van der Waals surface area contributed by atoms with E-state index in [-0.39, 0.29) is 5.84 Å². The quantitative estimate of drug-likeness (QED) is 0.633. The van der Waals surface area contributed by atoms with Crippen molar-refractivity contribution in [3.63, 3.8) is 0 Å². The first-order valence-electron chi connectivity index (χ1n) is 6.29. The lowest BCUT2D eigenvalue weighted by molar-refractivity contribution is 0.516. The molecule has 0 spiro atoms. The van der Waals surface area contributed by atoms with Gasteiger partial charge in [-0.15, -0.1) is 11.8 Å². The van der Waals surface area contributed by atoms with Crippen molar-refractivity contribution in [2.45, 2.75) is 49.2 Å². The first-order chi connectivity index (χ1) is 8.18. The fraction of sp³-hybridized carbons (Fsp3) is 0.500. The Bertz CT molecular complexity index is 409. The smallest absolute Gasteiger partial charge is 0.123 e. The SMILES string of the molecule is Cc1cccc(C(=N)N)c1SC1CCCCC1. The van der Waals surface area contributed by atoms with Gasteiger partial charge in [-0.2, -0.15) is 0 Å². The second kappa shape index (κ2) is 5.58. The number of aryl methyl sites for hydroxylation is 1. The Labute approximate surface area is 107 Å². The molecule has 0 bridgehead atoms. The maximum atomic E-state index is 7.65. The van der Waals surface area contributed by atoms with Crippen molar-refractivity contribution in [3.8, 4) is 0 Å². The van der Waals surface area contributed by atoms with Gasteiger partial charge in [-0.25, -0.2) is 0 Å². The number of benzene rings is 1. The van der Waals surface area contributed by atoms with Gasteiger partial charge in [0.25, 0.3) is 0 Å². The highest BCUT2D eigenvalue weighted by atomic mass is 32.2. The van der Waals surface area contributed by atoms with E-state index in [1.165, 1.54) is 42.6 Å². The molecule has 0 unspecified atom stereocenters. The first kappa shape index (κ1) is 12.5. The summed E-state index contributed by atoms with van der Waals surface area (Å²) in [5.74, 6) is 0.187. The van der Waals surface area contributed by atoms with Gasteiger partial charge in [0.2, 0.25) is 0 Å². The standard InChI is InChI=1S/C14H20N2S/c1-10-6-5-9-12(14(15)16)13(10)17-11-7-3-2-4-8-11/h5-6,9,11H,2-4,7-8H2,1H3,(H3,15,16). The minimum atomic E-state index is 0.187. The van der Waals surface area contributed by atoms with Gasteiger partial charge in [0.1, 0.15) is 5.84 Å². The van der Waals surface area contributed by atoms with Crippen LogP contribution in [0.4, 0.5) is 0 Å². The number of rotatable bonds is 3. The van der Waals surface area contributed by atoms with E-state index in [2.05, 4.69) is 13.0 Å². The van der Waals surface area contributed by atoms with Crippen molar-refractivity contribution < 1.29 is 0 Å². The Morgan fingerprint density at radius 3 is 2.65 bits per heavy atom. The molecule has 2 nitrogen and oxygen atoms in total. The molecule has 0 amide bonds. The van der Waals surface area contributed by atoms with Crippen LogP contribution in [0.25, 0.3) is 0 Å². The molecule has 0 radical (unpaired) electrons. The zero-order valence-corrected chi connectivity index (χ0v) is 11.1. The minimum absolute atomic E-state index is 0.187. The Kier molecular flexibility index (Phi) is 4.11. The van der Waals surface area contributed by atoms with Crippen LogP contribution >= 0.6 is 11.8 Å². The average molecular weight is 248 g/mol. The number of hydrogen-bond acceptors (Lipinski definition) is 2. The van der Waals surface area contributed by atoms with Gasteiger partial charge in [-0.05, 0) is 25.3 Å². The van der Waals surface area contributed by atoms with E-state index in [0.29, 0.717) is 5.25 Å². The molecule has 17 heavy (non-hydrogen) atoms. The highest BCUT2D eigenvalue weighted by Crippen LogP contribution is 2.36. The van der Waals surface area contributed by atoms with Crippen molar-refractivity contribution in [1.82, 2.24) is 0 Å².